The first kappa shape index (κ1) is 18.6. The number of rotatable bonds is 6. The fourth-order valence-corrected chi connectivity index (χ4v) is 3.36. The third-order valence-corrected chi connectivity index (χ3v) is 4.83. The molecule has 29 heavy (non-hydrogen) atoms. The second-order valence-corrected chi connectivity index (χ2v) is 6.71. The van der Waals surface area contributed by atoms with Crippen LogP contribution in [-0.4, -0.2) is 34.2 Å². The van der Waals surface area contributed by atoms with Gasteiger partial charge in [0.1, 0.15) is 5.69 Å². The van der Waals surface area contributed by atoms with E-state index in [-0.39, 0.29) is 30.1 Å². The van der Waals surface area contributed by atoms with Crippen LogP contribution in [0.1, 0.15) is 32.8 Å². The van der Waals surface area contributed by atoms with Crippen LogP contribution in [0.25, 0.3) is 0 Å². The molecule has 0 saturated heterocycles. The van der Waals surface area contributed by atoms with Crippen LogP contribution in [0, 0.1) is 0 Å². The van der Waals surface area contributed by atoms with Crippen molar-refractivity contribution in [2.75, 3.05) is 11.4 Å². The smallest absolute Gasteiger partial charge is 0.280 e. The predicted octanol–water partition coefficient (Wildman–Crippen LogP) is 3.30. The van der Waals surface area contributed by atoms with Gasteiger partial charge in [-0.15, -0.1) is 0 Å². The standard InChI is InChI=1S/C23H19N3O3/c27-20(13-15-25-22(28)19-12-7-14-24-21(19)23(25)29)26(18-10-5-2-6-11-18)16-17-8-3-1-4-9-17/h1-12,14H,13,15-16H2. The number of hydrogen-bond acceptors (Lipinski definition) is 4. The molecule has 144 valence electrons. The number of pyridine rings is 1. The summed E-state index contributed by atoms with van der Waals surface area (Å²) >= 11 is 0. The second-order valence-electron chi connectivity index (χ2n) is 6.71. The first-order chi connectivity index (χ1) is 14.1. The van der Waals surface area contributed by atoms with Gasteiger partial charge in [0.2, 0.25) is 5.91 Å². The molecule has 0 bridgehead atoms. The first-order valence-electron chi connectivity index (χ1n) is 9.35. The van der Waals surface area contributed by atoms with Crippen molar-refractivity contribution in [3.8, 4) is 0 Å². The molecular formula is C23H19N3O3. The van der Waals surface area contributed by atoms with Gasteiger partial charge >= 0.3 is 0 Å². The number of amides is 3. The Bertz CT molecular complexity index is 1020. The average Bonchev–Trinajstić information content (AvgIpc) is 3.02. The van der Waals surface area contributed by atoms with Crippen molar-refractivity contribution >= 4 is 23.4 Å². The van der Waals surface area contributed by atoms with Gasteiger partial charge in [0.25, 0.3) is 11.8 Å². The molecule has 0 atom stereocenters. The first-order valence-corrected chi connectivity index (χ1v) is 9.35. The Hall–Kier alpha value is -3.80. The van der Waals surface area contributed by atoms with E-state index in [4.69, 9.17) is 0 Å². The minimum absolute atomic E-state index is 0.0188. The summed E-state index contributed by atoms with van der Waals surface area (Å²) < 4.78 is 0. The molecule has 0 unspecified atom stereocenters. The van der Waals surface area contributed by atoms with Crippen LogP contribution < -0.4 is 4.90 Å². The number of carbonyl (C=O) groups excluding carboxylic acids is 3. The van der Waals surface area contributed by atoms with E-state index in [2.05, 4.69) is 4.98 Å². The van der Waals surface area contributed by atoms with E-state index >= 15 is 0 Å². The van der Waals surface area contributed by atoms with Gasteiger partial charge < -0.3 is 4.90 Å². The topological polar surface area (TPSA) is 70.6 Å². The number of aromatic nitrogens is 1. The Morgan fingerprint density at radius 1 is 0.862 bits per heavy atom. The molecule has 1 aliphatic heterocycles. The molecule has 6 nitrogen and oxygen atoms in total. The van der Waals surface area contributed by atoms with E-state index < -0.39 is 11.8 Å². The molecule has 0 aliphatic carbocycles. The highest BCUT2D eigenvalue weighted by atomic mass is 16.2. The molecule has 3 amide bonds. The van der Waals surface area contributed by atoms with Crippen molar-refractivity contribution in [3.05, 3.63) is 95.8 Å². The van der Waals surface area contributed by atoms with Gasteiger partial charge in [-0.3, -0.25) is 24.3 Å². The highest BCUT2D eigenvalue weighted by Crippen LogP contribution is 2.22. The van der Waals surface area contributed by atoms with E-state index in [1.54, 1.807) is 17.0 Å². The summed E-state index contributed by atoms with van der Waals surface area (Å²) in [5.41, 5.74) is 2.20. The van der Waals surface area contributed by atoms with E-state index in [1.165, 1.54) is 6.20 Å². The Balaban J connectivity index is 1.50. The zero-order valence-corrected chi connectivity index (χ0v) is 15.7. The quantitative estimate of drug-likeness (QED) is 0.611. The molecule has 2 aromatic carbocycles. The Morgan fingerprint density at radius 3 is 2.24 bits per heavy atom. The molecule has 1 aromatic heterocycles. The average molecular weight is 385 g/mol. The molecule has 6 heteroatoms. The minimum Gasteiger partial charge on any atom is -0.308 e. The Labute approximate surface area is 168 Å². The summed E-state index contributed by atoms with van der Waals surface area (Å²) in [5, 5.41) is 0. The SMILES string of the molecule is O=C1c2cccnc2C(=O)N1CCC(=O)N(Cc1ccccc1)c1ccccc1. The largest absolute Gasteiger partial charge is 0.308 e. The van der Waals surface area contributed by atoms with Crippen LogP contribution in [0.5, 0.6) is 0 Å². The maximum atomic E-state index is 13.1. The lowest BCUT2D eigenvalue weighted by Gasteiger charge is -2.24. The summed E-state index contributed by atoms with van der Waals surface area (Å²) in [6.45, 7) is 0.429. The van der Waals surface area contributed by atoms with Crippen LogP contribution in [-0.2, 0) is 11.3 Å². The number of nitrogens with zero attached hydrogens (tertiary/aromatic N) is 3. The molecular weight excluding hydrogens is 366 g/mol. The zero-order valence-electron chi connectivity index (χ0n) is 15.7. The third kappa shape index (κ3) is 3.78. The summed E-state index contributed by atoms with van der Waals surface area (Å²) in [7, 11) is 0. The summed E-state index contributed by atoms with van der Waals surface area (Å²) in [4.78, 5) is 44.8. The lowest BCUT2D eigenvalue weighted by molar-refractivity contribution is -0.118. The van der Waals surface area contributed by atoms with Crippen LogP contribution in [0.2, 0.25) is 0 Å². The van der Waals surface area contributed by atoms with Gasteiger partial charge in [-0.25, -0.2) is 0 Å². The van der Waals surface area contributed by atoms with Crippen LogP contribution >= 0.6 is 0 Å². The maximum absolute atomic E-state index is 13.1. The molecule has 2 heterocycles. The van der Waals surface area contributed by atoms with Crippen molar-refractivity contribution in [1.82, 2.24) is 9.88 Å². The summed E-state index contributed by atoms with van der Waals surface area (Å²) in [5.74, 6) is -1.02. The van der Waals surface area contributed by atoms with E-state index in [9.17, 15) is 14.4 Å². The predicted molar refractivity (Wildman–Crippen MR) is 108 cm³/mol. The fourth-order valence-electron chi connectivity index (χ4n) is 3.36. The maximum Gasteiger partial charge on any atom is 0.280 e. The van der Waals surface area contributed by atoms with E-state index in [0.29, 0.717) is 6.54 Å². The highest BCUT2D eigenvalue weighted by molar-refractivity contribution is 6.20. The van der Waals surface area contributed by atoms with Gasteiger partial charge in [0, 0.05) is 24.8 Å². The van der Waals surface area contributed by atoms with Crippen LogP contribution in [0.4, 0.5) is 5.69 Å². The highest BCUT2D eigenvalue weighted by Gasteiger charge is 2.36. The Kier molecular flexibility index (Phi) is 5.16. The minimum atomic E-state index is -0.451. The summed E-state index contributed by atoms with van der Waals surface area (Å²) in [6, 6.07) is 22.3. The van der Waals surface area contributed by atoms with Gasteiger partial charge in [-0.2, -0.15) is 0 Å². The number of fused-ring (bicyclic) bond motifs is 1. The van der Waals surface area contributed by atoms with Crippen LogP contribution in [0.3, 0.4) is 0 Å². The van der Waals surface area contributed by atoms with Gasteiger partial charge in [-0.05, 0) is 29.8 Å². The number of hydrogen-bond donors (Lipinski definition) is 0. The lowest BCUT2D eigenvalue weighted by atomic mass is 10.2. The molecule has 0 radical (unpaired) electrons. The number of benzene rings is 2. The molecule has 0 N–H and O–H groups in total. The Morgan fingerprint density at radius 2 is 1.55 bits per heavy atom. The van der Waals surface area contributed by atoms with Crippen LogP contribution in [0.15, 0.2) is 79.0 Å². The van der Waals surface area contributed by atoms with Crippen molar-refractivity contribution in [2.45, 2.75) is 13.0 Å². The van der Waals surface area contributed by atoms with Gasteiger partial charge in [-0.1, -0.05) is 48.5 Å². The second kappa shape index (κ2) is 8.06. The monoisotopic (exact) mass is 385 g/mol. The molecule has 4 rings (SSSR count). The third-order valence-electron chi connectivity index (χ3n) is 4.83. The lowest BCUT2D eigenvalue weighted by Crippen LogP contribution is -2.36. The number of anilines is 1. The van der Waals surface area contributed by atoms with E-state index in [1.807, 2.05) is 60.7 Å². The van der Waals surface area contributed by atoms with Crippen molar-refractivity contribution < 1.29 is 14.4 Å². The van der Waals surface area contributed by atoms with Gasteiger partial charge in [0.05, 0.1) is 12.1 Å². The fraction of sp³-hybridized carbons (Fsp3) is 0.130. The number of para-hydroxylation sites is 1. The molecule has 0 saturated carbocycles. The molecule has 1 aliphatic rings. The van der Waals surface area contributed by atoms with Crippen molar-refractivity contribution in [1.29, 1.82) is 0 Å². The zero-order chi connectivity index (χ0) is 20.2. The van der Waals surface area contributed by atoms with E-state index in [0.717, 1.165) is 16.2 Å². The van der Waals surface area contributed by atoms with Crippen molar-refractivity contribution in [3.63, 3.8) is 0 Å². The summed E-state index contributed by atoms with van der Waals surface area (Å²) in [6.07, 6.45) is 1.52. The molecule has 3 aromatic rings. The van der Waals surface area contributed by atoms with Gasteiger partial charge in [0.15, 0.2) is 0 Å². The number of imide groups is 1. The number of carbonyl (C=O) groups is 3. The van der Waals surface area contributed by atoms with Crippen molar-refractivity contribution in [2.24, 2.45) is 0 Å². The molecule has 0 fully saturated rings. The normalized spacial score (nSPS) is 12.8. The molecule has 0 spiro atoms.